The summed E-state index contributed by atoms with van der Waals surface area (Å²) >= 11 is 0. The molecule has 2 nitrogen and oxygen atoms in total. The Labute approximate surface area is 105 Å². The van der Waals surface area contributed by atoms with Crippen LogP contribution in [0.15, 0.2) is 36.4 Å². The van der Waals surface area contributed by atoms with Crippen LogP contribution in [0, 0.1) is 5.82 Å². The molecule has 0 fully saturated rings. The second-order valence-corrected chi connectivity index (χ2v) is 4.49. The highest BCUT2D eigenvalue weighted by Gasteiger charge is 2.12. The summed E-state index contributed by atoms with van der Waals surface area (Å²) in [6.45, 7) is 1.56. The van der Waals surface area contributed by atoms with Crippen LogP contribution in [0.2, 0.25) is 0 Å². The minimum atomic E-state index is -0.245. The molecule has 3 rings (SSSR count). The summed E-state index contributed by atoms with van der Waals surface area (Å²) in [5.41, 5.74) is 10.6. The lowest BCUT2D eigenvalue weighted by atomic mass is 9.99. The van der Waals surface area contributed by atoms with Crippen LogP contribution in [-0.2, 0) is 24.5 Å². The molecule has 0 aromatic heterocycles. The van der Waals surface area contributed by atoms with Crippen molar-refractivity contribution in [2.45, 2.75) is 19.8 Å². The van der Waals surface area contributed by atoms with E-state index in [0.717, 1.165) is 11.1 Å². The van der Waals surface area contributed by atoms with Gasteiger partial charge in [0.25, 0.3) is 0 Å². The van der Waals surface area contributed by atoms with E-state index in [0.29, 0.717) is 18.8 Å². The van der Waals surface area contributed by atoms with E-state index in [9.17, 15) is 4.39 Å². The normalized spacial score (nSPS) is 13.7. The Morgan fingerprint density at radius 1 is 1.00 bits per heavy atom. The van der Waals surface area contributed by atoms with Gasteiger partial charge in [0.2, 0.25) is 0 Å². The van der Waals surface area contributed by atoms with Crippen molar-refractivity contribution < 1.29 is 9.13 Å². The van der Waals surface area contributed by atoms with Gasteiger partial charge in [0, 0.05) is 12.1 Å². The minimum absolute atomic E-state index is 0.216. The van der Waals surface area contributed by atoms with Crippen molar-refractivity contribution in [3.8, 4) is 11.1 Å². The first kappa shape index (κ1) is 11.4. The molecule has 3 heteroatoms. The molecule has 2 aromatic carbocycles. The molecule has 0 saturated heterocycles. The van der Waals surface area contributed by atoms with Gasteiger partial charge in [-0.1, -0.05) is 18.2 Å². The molecule has 0 spiro atoms. The largest absolute Gasteiger partial charge is 0.372 e. The molecule has 92 valence electrons. The van der Waals surface area contributed by atoms with E-state index in [4.69, 9.17) is 10.5 Å². The summed E-state index contributed by atoms with van der Waals surface area (Å²) in [5.74, 6) is -0.245. The fraction of sp³-hybridized carbons (Fsp3) is 0.200. The third-order valence-electron chi connectivity index (χ3n) is 3.32. The number of benzene rings is 2. The van der Waals surface area contributed by atoms with Crippen molar-refractivity contribution in [2.24, 2.45) is 5.73 Å². The maximum absolute atomic E-state index is 13.4. The van der Waals surface area contributed by atoms with E-state index >= 15 is 0 Å². The number of fused-ring (bicyclic) bond motifs is 1. The first-order valence-corrected chi connectivity index (χ1v) is 5.96. The van der Waals surface area contributed by atoms with Gasteiger partial charge in [-0.2, -0.15) is 0 Å². The molecule has 1 aliphatic rings. The van der Waals surface area contributed by atoms with E-state index < -0.39 is 0 Å². The first-order valence-electron chi connectivity index (χ1n) is 5.96. The minimum Gasteiger partial charge on any atom is -0.372 e. The van der Waals surface area contributed by atoms with E-state index in [1.54, 1.807) is 6.07 Å². The second-order valence-electron chi connectivity index (χ2n) is 4.49. The van der Waals surface area contributed by atoms with Crippen molar-refractivity contribution in [1.29, 1.82) is 0 Å². The molecule has 0 aliphatic carbocycles. The molecule has 2 aromatic rings. The van der Waals surface area contributed by atoms with Crippen LogP contribution in [0.3, 0.4) is 0 Å². The predicted molar refractivity (Wildman–Crippen MR) is 68.2 cm³/mol. The molecule has 0 unspecified atom stereocenters. The second kappa shape index (κ2) is 4.52. The number of nitrogens with two attached hydrogens (primary N) is 1. The van der Waals surface area contributed by atoms with Gasteiger partial charge in [0.15, 0.2) is 0 Å². The van der Waals surface area contributed by atoms with E-state index in [-0.39, 0.29) is 12.4 Å². The number of hydrogen-bond donors (Lipinski definition) is 1. The monoisotopic (exact) mass is 243 g/mol. The van der Waals surface area contributed by atoms with Crippen LogP contribution in [-0.4, -0.2) is 0 Å². The van der Waals surface area contributed by atoms with Gasteiger partial charge in [-0.3, -0.25) is 0 Å². The number of halogens is 1. The molecule has 1 heterocycles. The zero-order valence-electron chi connectivity index (χ0n) is 9.95. The van der Waals surface area contributed by atoms with Gasteiger partial charge in [0.05, 0.1) is 13.2 Å². The maximum atomic E-state index is 13.4. The van der Waals surface area contributed by atoms with E-state index in [1.807, 2.05) is 12.1 Å². The van der Waals surface area contributed by atoms with Gasteiger partial charge >= 0.3 is 0 Å². The summed E-state index contributed by atoms with van der Waals surface area (Å²) in [7, 11) is 0. The third kappa shape index (κ3) is 1.92. The van der Waals surface area contributed by atoms with Gasteiger partial charge in [0.1, 0.15) is 5.82 Å². The van der Waals surface area contributed by atoms with Crippen molar-refractivity contribution in [1.82, 2.24) is 0 Å². The molecule has 18 heavy (non-hydrogen) atoms. The summed E-state index contributed by atoms with van der Waals surface area (Å²) in [4.78, 5) is 0. The molecule has 0 bridgehead atoms. The molecule has 2 N–H and O–H groups in total. The number of rotatable bonds is 2. The molecule has 0 radical (unpaired) electrons. The summed E-state index contributed by atoms with van der Waals surface area (Å²) in [5, 5.41) is 0. The van der Waals surface area contributed by atoms with Crippen LogP contribution in [0.1, 0.15) is 16.7 Å². The maximum Gasteiger partial charge on any atom is 0.127 e. The average molecular weight is 243 g/mol. The van der Waals surface area contributed by atoms with Crippen LogP contribution in [0.5, 0.6) is 0 Å². The highest BCUT2D eigenvalue weighted by atomic mass is 19.1. The highest BCUT2D eigenvalue weighted by Crippen LogP contribution is 2.28. The van der Waals surface area contributed by atoms with E-state index in [1.165, 1.54) is 17.2 Å². The first-order chi connectivity index (χ1) is 8.78. The molecule has 0 saturated carbocycles. The Hall–Kier alpha value is -1.71. The number of ether oxygens (including phenoxy) is 1. The van der Waals surface area contributed by atoms with E-state index in [2.05, 4.69) is 12.1 Å². The molecule has 1 aliphatic heterocycles. The lowest BCUT2D eigenvalue weighted by molar-refractivity contribution is 0.134. The van der Waals surface area contributed by atoms with Crippen LogP contribution in [0.4, 0.5) is 4.39 Å². The Morgan fingerprint density at radius 3 is 2.56 bits per heavy atom. The Balaban J connectivity index is 2.04. The summed E-state index contributed by atoms with van der Waals surface area (Å²) < 4.78 is 18.8. The predicted octanol–water partition coefficient (Wildman–Crippen LogP) is 2.98. The quantitative estimate of drug-likeness (QED) is 0.880. The lowest BCUT2D eigenvalue weighted by Gasteiger charge is -2.07. The fourth-order valence-corrected chi connectivity index (χ4v) is 2.26. The van der Waals surface area contributed by atoms with Gasteiger partial charge in [-0.15, -0.1) is 0 Å². The van der Waals surface area contributed by atoms with Crippen molar-refractivity contribution in [3.05, 3.63) is 58.9 Å². The molecular weight excluding hydrogens is 229 g/mol. The average Bonchev–Trinajstić information content (AvgIpc) is 2.86. The smallest absolute Gasteiger partial charge is 0.127 e. The third-order valence-corrected chi connectivity index (χ3v) is 3.32. The summed E-state index contributed by atoms with van der Waals surface area (Å²) in [6.07, 6.45) is 0. The van der Waals surface area contributed by atoms with Gasteiger partial charge in [-0.25, -0.2) is 4.39 Å². The lowest BCUT2D eigenvalue weighted by Crippen LogP contribution is -1.99. The zero-order chi connectivity index (χ0) is 12.5. The van der Waals surface area contributed by atoms with Crippen molar-refractivity contribution in [3.63, 3.8) is 0 Å². The fourth-order valence-electron chi connectivity index (χ4n) is 2.26. The standard InChI is InChI=1S/C15H14FNO/c16-15-4-3-11(5-13(15)7-17)10-1-2-12-8-18-9-14(12)6-10/h1-6H,7-9,17H2. The molecular formula is C15H14FNO. The molecule has 0 atom stereocenters. The highest BCUT2D eigenvalue weighted by molar-refractivity contribution is 5.66. The summed E-state index contributed by atoms with van der Waals surface area (Å²) in [6, 6.07) is 11.3. The Kier molecular flexibility index (Phi) is 2.86. The Morgan fingerprint density at radius 2 is 1.72 bits per heavy atom. The SMILES string of the molecule is NCc1cc(-c2ccc3c(c2)COC3)ccc1F. The van der Waals surface area contributed by atoms with Crippen molar-refractivity contribution in [2.75, 3.05) is 0 Å². The van der Waals surface area contributed by atoms with Crippen molar-refractivity contribution >= 4 is 0 Å². The molecule has 0 amide bonds. The van der Waals surface area contributed by atoms with Gasteiger partial charge < -0.3 is 10.5 Å². The van der Waals surface area contributed by atoms with Crippen LogP contribution >= 0.6 is 0 Å². The number of hydrogen-bond acceptors (Lipinski definition) is 2. The zero-order valence-corrected chi connectivity index (χ0v) is 9.95. The Bertz CT molecular complexity index is 586. The van der Waals surface area contributed by atoms with Crippen LogP contribution < -0.4 is 5.73 Å². The topological polar surface area (TPSA) is 35.2 Å². The van der Waals surface area contributed by atoms with Crippen LogP contribution in [0.25, 0.3) is 11.1 Å². The van der Waals surface area contributed by atoms with Gasteiger partial charge in [-0.05, 0) is 40.5 Å².